The van der Waals surface area contributed by atoms with Gasteiger partial charge in [-0.1, -0.05) is 0 Å². The van der Waals surface area contributed by atoms with Gasteiger partial charge in [0.05, 0.1) is 34.0 Å². The van der Waals surface area contributed by atoms with Crippen LogP contribution in [-0.4, -0.2) is 5.91 Å². The number of hydrogen-bond acceptors (Lipinski definition) is 3. The van der Waals surface area contributed by atoms with Crippen LogP contribution >= 0.6 is 0 Å². The number of benzene rings is 2. The van der Waals surface area contributed by atoms with Crippen LogP contribution in [-0.2, 0) is 18.5 Å². The Balaban J connectivity index is 2.33. The van der Waals surface area contributed by atoms with Crippen molar-refractivity contribution in [1.29, 1.82) is 5.26 Å². The van der Waals surface area contributed by atoms with Crippen LogP contribution in [0.15, 0.2) is 36.4 Å². The van der Waals surface area contributed by atoms with Crippen LogP contribution < -0.4 is 10.9 Å². The molecule has 160 valence electrons. The van der Waals surface area contributed by atoms with Gasteiger partial charge in [-0.3, -0.25) is 15.6 Å². The van der Waals surface area contributed by atoms with Crippen molar-refractivity contribution in [1.82, 2.24) is 5.43 Å². The number of hydrazine groups is 1. The summed E-state index contributed by atoms with van der Waals surface area (Å²) in [6.45, 7) is 0. The SMILES string of the molecule is N#Cc1ccc(NNC(=O)c2ccc(C(F)(F)F)c(C(F)(F)F)c2)c(C(F)(F)F)c1. The highest BCUT2D eigenvalue weighted by Crippen LogP contribution is 2.40. The van der Waals surface area contributed by atoms with E-state index in [-0.39, 0.29) is 17.7 Å². The smallest absolute Gasteiger partial charge is 0.298 e. The topological polar surface area (TPSA) is 64.9 Å². The average molecular weight is 441 g/mol. The number of amides is 1. The van der Waals surface area contributed by atoms with Crippen molar-refractivity contribution in [3.63, 3.8) is 0 Å². The highest BCUT2D eigenvalue weighted by atomic mass is 19.4. The molecule has 0 aromatic heterocycles. The molecule has 30 heavy (non-hydrogen) atoms. The first-order valence-electron chi connectivity index (χ1n) is 7.60. The third-order valence-electron chi connectivity index (χ3n) is 3.66. The summed E-state index contributed by atoms with van der Waals surface area (Å²) in [6, 6.07) is 4.13. The van der Waals surface area contributed by atoms with Crippen molar-refractivity contribution in [2.24, 2.45) is 0 Å². The Morgan fingerprint density at radius 1 is 0.767 bits per heavy atom. The predicted molar refractivity (Wildman–Crippen MR) is 83.7 cm³/mol. The molecule has 1 amide bonds. The van der Waals surface area contributed by atoms with E-state index >= 15 is 0 Å². The molecule has 0 spiro atoms. The van der Waals surface area contributed by atoms with Gasteiger partial charge >= 0.3 is 18.5 Å². The normalized spacial score (nSPS) is 12.3. The number of alkyl halides is 9. The molecule has 0 aliphatic rings. The first-order valence-corrected chi connectivity index (χ1v) is 7.60. The Labute approximate surface area is 161 Å². The van der Waals surface area contributed by atoms with E-state index in [0.29, 0.717) is 12.1 Å². The molecule has 0 aliphatic carbocycles. The average Bonchev–Trinajstić information content (AvgIpc) is 2.63. The lowest BCUT2D eigenvalue weighted by molar-refractivity contribution is -0.162. The minimum absolute atomic E-state index is 0.0423. The van der Waals surface area contributed by atoms with Gasteiger partial charge in [0.2, 0.25) is 0 Å². The molecular formula is C17H8F9N3O. The molecular weight excluding hydrogens is 433 g/mol. The second-order valence-corrected chi connectivity index (χ2v) is 5.70. The number of carbonyl (C=O) groups excluding carboxylic acids is 1. The van der Waals surface area contributed by atoms with Gasteiger partial charge in [-0.25, -0.2) is 0 Å². The number of nitriles is 1. The van der Waals surface area contributed by atoms with Crippen molar-refractivity contribution in [3.8, 4) is 6.07 Å². The molecule has 13 heteroatoms. The fourth-order valence-corrected chi connectivity index (χ4v) is 2.32. The van der Waals surface area contributed by atoms with Crippen LogP contribution in [0.4, 0.5) is 45.2 Å². The fourth-order valence-electron chi connectivity index (χ4n) is 2.32. The number of hydrogen-bond donors (Lipinski definition) is 2. The van der Waals surface area contributed by atoms with Crippen LogP contribution in [0.1, 0.15) is 32.6 Å². The van der Waals surface area contributed by atoms with E-state index in [1.165, 1.54) is 6.07 Å². The molecule has 2 N–H and O–H groups in total. The van der Waals surface area contributed by atoms with Crippen molar-refractivity contribution in [2.45, 2.75) is 18.5 Å². The van der Waals surface area contributed by atoms with E-state index < -0.39 is 52.4 Å². The summed E-state index contributed by atoms with van der Waals surface area (Å²) in [5.41, 5.74) is -3.96. The van der Waals surface area contributed by atoms with Crippen LogP contribution in [0.5, 0.6) is 0 Å². The Morgan fingerprint density at radius 2 is 1.33 bits per heavy atom. The Hall–Kier alpha value is -3.43. The van der Waals surface area contributed by atoms with Crippen LogP contribution in [0.25, 0.3) is 0 Å². The molecule has 0 atom stereocenters. The van der Waals surface area contributed by atoms with Gasteiger partial charge in [-0.15, -0.1) is 0 Å². The van der Waals surface area contributed by atoms with Crippen molar-refractivity contribution in [3.05, 3.63) is 64.2 Å². The standard InChI is InChI=1S/C17H8F9N3O/c18-15(19,20)10-3-2-9(6-11(10)16(21,22)23)14(30)29-28-13-4-1-8(7-27)5-12(13)17(24,25)26/h1-6,28H,(H,29,30). The highest BCUT2D eigenvalue weighted by molar-refractivity contribution is 5.95. The number of nitrogens with one attached hydrogen (secondary N) is 2. The maximum absolute atomic E-state index is 13.1. The van der Waals surface area contributed by atoms with Gasteiger partial charge in [0.1, 0.15) is 0 Å². The molecule has 0 radical (unpaired) electrons. The van der Waals surface area contributed by atoms with Crippen molar-refractivity contribution >= 4 is 11.6 Å². The lowest BCUT2D eigenvalue weighted by atomic mass is 10.0. The Morgan fingerprint density at radius 3 is 1.83 bits per heavy atom. The van der Waals surface area contributed by atoms with Gasteiger partial charge in [0.15, 0.2) is 0 Å². The zero-order valence-electron chi connectivity index (χ0n) is 14.2. The number of halogens is 9. The molecule has 2 aromatic rings. The van der Waals surface area contributed by atoms with E-state index in [0.717, 1.165) is 12.1 Å². The second kappa shape index (κ2) is 7.77. The number of anilines is 1. The summed E-state index contributed by atoms with van der Waals surface area (Å²) in [6.07, 6.45) is -15.7. The number of carbonyl (C=O) groups is 1. The molecule has 4 nitrogen and oxygen atoms in total. The molecule has 0 unspecified atom stereocenters. The molecule has 0 saturated heterocycles. The third kappa shape index (κ3) is 5.13. The zero-order chi connectivity index (χ0) is 22.9. The van der Waals surface area contributed by atoms with E-state index in [4.69, 9.17) is 5.26 Å². The third-order valence-corrected chi connectivity index (χ3v) is 3.66. The largest absolute Gasteiger partial charge is 0.418 e. The van der Waals surface area contributed by atoms with Crippen molar-refractivity contribution in [2.75, 3.05) is 5.43 Å². The van der Waals surface area contributed by atoms with E-state index in [1.807, 2.05) is 5.43 Å². The monoisotopic (exact) mass is 441 g/mol. The maximum atomic E-state index is 13.1. The maximum Gasteiger partial charge on any atom is 0.418 e. The van der Waals surface area contributed by atoms with E-state index in [9.17, 15) is 44.3 Å². The van der Waals surface area contributed by atoms with Gasteiger partial charge in [-0.2, -0.15) is 44.8 Å². The minimum Gasteiger partial charge on any atom is -0.298 e. The first kappa shape index (κ1) is 22.9. The van der Waals surface area contributed by atoms with Gasteiger partial charge in [-0.05, 0) is 36.4 Å². The molecule has 0 saturated carbocycles. The zero-order valence-corrected chi connectivity index (χ0v) is 14.2. The predicted octanol–water partition coefficient (Wildman–Crippen LogP) is 5.37. The molecule has 0 fully saturated rings. The molecule has 0 aliphatic heterocycles. The van der Waals surface area contributed by atoms with Gasteiger partial charge in [0.25, 0.3) is 5.91 Å². The first-order chi connectivity index (χ1) is 13.6. The van der Waals surface area contributed by atoms with Crippen LogP contribution in [0, 0.1) is 11.3 Å². The van der Waals surface area contributed by atoms with Gasteiger partial charge in [0, 0.05) is 5.56 Å². The quantitative estimate of drug-likeness (QED) is 0.497. The molecule has 2 aromatic carbocycles. The summed E-state index contributed by atoms with van der Waals surface area (Å²) in [4.78, 5) is 12.0. The molecule has 0 heterocycles. The fraction of sp³-hybridized carbons (Fsp3) is 0.176. The van der Waals surface area contributed by atoms with E-state index in [1.54, 1.807) is 5.43 Å². The number of rotatable bonds is 3. The summed E-state index contributed by atoms with van der Waals surface area (Å²) in [5, 5.41) is 8.68. The summed E-state index contributed by atoms with van der Waals surface area (Å²) in [7, 11) is 0. The summed E-state index contributed by atoms with van der Waals surface area (Å²) >= 11 is 0. The van der Waals surface area contributed by atoms with Crippen LogP contribution in [0.2, 0.25) is 0 Å². The molecule has 0 bridgehead atoms. The summed E-state index contributed by atoms with van der Waals surface area (Å²) < 4.78 is 116. The Bertz CT molecular complexity index is 1000. The van der Waals surface area contributed by atoms with Crippen molar-refractivity contribution < 1.29 is 44.3 Å². The Kier molecular flexibility index (Phi) is 5.92. The number of nitrogens with zero attached hydrogens (tertiary/aromatic N) is 1. The lowest BCUT2D eigenvalue weighted by Gasteiger charge is -2.18. The van der Waals surface area contributed by atoms with Crippen LogP contribution in [0.3, 0.4) is 0 Å². The summed E-state index contributed by atoms with van der Waals surface area (Å²) in [5.74, 6) is -1.42. The minimum atomic E-state index is -5.44. The van der Waals surface area contributed by atoms with E-state index in [2.05, 4.69) is 0 Å². The highest BCUT2D eigenvalue weighted by Gasteiger charge is 2.43. The second-order valence-electron chi connectivity index (χ2n) is 5.70. The van der Waals surface area contributed by atoms with Gasteiger partial charge < -0.3 is 0 Å². The molecule has 2 rings (SSSR count). The lowest BCUT2D eigenvalue weighted by Crippen LogP contribution is -2.31.